The van der Waals surface area contributed by atoms with E-state index in [0.717, 1.165) is 28.1 Å². The average molecular weight is 517 g/mol. The number of aliphatic hydroxyl groups is 1. The van der Waals surface area contributed by atoms with Crippen molar-refractivity contribution in [2.75, 3.05) is 13.4 Å². The Labute approximate surface area is 222 Å². The zero-order chi connectivity index (χ0) is 26.6. The number of aromatic nitrogens is 4. The van der Waals surface area contributed by atoms with Crippen LogP contribution >= 0.6 is 11.8 Å². The average Bonchev–Trinajstić information content (AvgIpc) is 2.90. The molecule has 0 amide bonds. The summed E-state index contributed by atoms with van der Waals surface area (Å²) in [6.07, 6.45) is 1.96. The van der Waals surface area contributed by atoms with Gasteiger partial charge in [-0.2, -0.15) is 4.98 Å². The summed E-state index contributed by atoms with van der Waals surface area (Å²) >= 11 is 1.49. The van der Waals surface area contributed by atoms with Crippen molar-refractivity contribution in [3.05, 3.63) is 88.9 Å². The van der Waals surface area contributed by atoms with Gasteiger partial charge in [0.25, 0.3) is 0 Å². The van der Waals surface area contributed by atoms with Crippen LogP contribution in [0.4, 0.5) is 0 Å². The Morgan fingerprint density at radius 3 is 2.22 bits per heavy atom. The van der Waals surface area contributed by atoms with Crippen molar-refractivity contribution < 1.29 is 14.6 Å². The molecule has 1 unspecified atom stereocenters. The van der Waals surface area contributed by atoms with Crippen molar-refractivity contribution in [2.45, 2.75) is 51.0 Å². The van der Waals surface area contributed by atoms with Crippen molar-refractivity contribution in [2.24, 2.45) is 0 Å². The lowest BCUT2D eigenvalue weighted by atomic mass is 9.92. The molecule has 4 aromatic rings. The molecule has 0 spiro atoms. The predicted molar refractivity (Wildman–Crippen MR) is 146 cm³/mol. The summed E-state index contributed by atoms with van der Waals surface area (Å²) in [4.78, 5) is 18.6. The Hall–Kier alpha value is -3.49. The first kappa shape index (κ1) is 26.6. The maximum Gasteiger partial charge on any atom is 0.217 e. The Morgan fingerprint density at radius 2 is 1.59 bits per heavy atom. The van der Waals surface area contributed by atoms with Gasteiger partial charge in [0, 0.05) is 12.0 Å². The molecule has 8 heteroatoms. The second kappa shape index (κ2) is 11.3. The van der Waals surface area contributed by atoms with Gasteiger partial charge in [-0.25, -0.2) is 15.0 Å². The summed E-state index contributed by atoms with van der Waals surface area (Å²) in [7, 11) is 1.64. The number of methoxy groups -OCH3 is 1. The van der Waals surface area contributed by atoms with E-state index in [1.165, 1.54) is 11.8 Å². The lowest BCUT2D eigenvalue weighted by Crippen LogP contribution is -2.15. The lowest BCUT2D eigenvalue weighted by Gasteiger charge is -2.19. The van der Waals surface area contributed by atoms with Gasteiger partial charge in [0.1, 0.15) is 18.2 Å². The molecule has 0 aliphatic rings. The quantitative estimate of drug-likeness (QED) is 0.216. The molecule has 2 aromatic carbocycles. The summed E-state index contributed by atoms with van der Waals surface area (Å²) in [5, 5.41) is 11.0. The third kappa shape index (κ3) is 6.64. The minimum Gasteiger partial charge on any atom is -0.497 e. The topological polar surface area (TPSA) is 90.2 Å². The molecule has 0 radical (unpaired) electrons. The van der Waals surface area contributed by atoms with Crippen molar-refractivity contribution >= 4 is 11.8 Å². The fourth-order valence-corrected chi connectivity index (χ4v) is 4.25. The van der Waals surface area contributed by atoms with Crippen LogP contribution < -0.4 is 9.47 Å². The molecule has 2 heterocycles. The second-order valence-electron chi connectivity index (χ2n) is 9.34. The predicted octanol–water partition coefficient (Wildman–Crippen LogP) is 5.93. The summed E-state index contributed by atoms with van der Waals surface area (Å²) in [6.45, 7) is 7.90. The van der Waals surface area contributed by atoms with Gasteiger partial charge in [-0.15, -0.1) is 0 Å². The van der Waals surface area contributed by atoms with Gasteiger partial charge in [-0.1, -0.05) is 55.1 Å². The number of ether oxygens (including phenoxy) is 2. The zero-order valence-corrected chi connectivity index (χ0v) is 22.8. The summed E-state index contributed by atoms with van der Waals surface area (Å²) < 4.78 is 11.2. The number of hydrogen-bond donors (Lipinski definition) is 1. The molecule has 7 nitrogen and oxygen atoms in total. The molecule has 0 aliphatic heterocycles. The summed E-state index contributed by atoms with van der Waals surface area (Å²) in [5.41, 5.74) is 4.39. The largest absolute Gasteiger partial charge is 0.497 e. The monoisotopic (exact) mass is 516 g/mol. The number of hydrogen-bond acceptors (Lipinski definition) is 8. The molecule has 192 valence electrons. The number of benzene rings is 2. The molecule has 0 fully saturated rings. The highest BCUT2D eigenvalue weighted by Crippen LogP contribution is 2.30. The van der Waals surface area contributed by atoms with E-state index < -0.39 is 5.60 Å². The van der Waals surface area contributed by atoms with Gasteiger partial charge < -0.3 is 14.6 Å². The maximum absolute atomic E-state index is 10.3. The van der Waals surface area contributed by atoms with E-state index in [9.17, 15) is 5.11 Å². The smallest absolute Gasteiger partial charge is 0.217 e. The van der Waals surface area contributed by atoms with E-state index in [1.54, 1.807) is 21.0 Å². The fourth-order valence-electron chi connectivity index (χ4n) is 3.86. The fraction of sp³-hybridized carbons (Fsp3) is 0.310. The Bertz CT molecular complexity index is 1350. The Morgan fingerprint density at radius 1 is 0.919 bits per heavy atom. The standard InChI is InChI=1S/C29H32N4O3S/c1-18(21-9-11-22(12-10-21)29(3,4)34)24-15-25(33-28(32-24)37-6)26-16-27(31-19(2)30-26)36-17-20-7-13-23(35-5)14-8-20/h7-16,18,34H,17H2,1-6H3. The third-order valence-electron chi connectivity index (χ3n) is 6.09. The van der Waals surface area contributed by atoms with Gasteiger partial charge in [-0.3, -0.25) is 0 Å². The molecule has 0 saturated heterocycles. The highest BCUT2D eigenvalue weighted by molar-refractivity contribution is 7.98. The molecule has 37 heavy (non-hydrogen) atoms. The first-order valence-electron chi connectivity index (χ1n) is 12.0. The second-order valence-corrected chi connectivity index (χ2v) is 10.1. The van der Waals surface area contributed by atoms with Crippen LogP contribution in [-0.2, 0) is 12.2 Å². The Kier molecular flexibility index (Phi) is 8.10. The van der Waals surface area contributed by atoms with Crippen LogP contribution in [0.2, 0.25) is 0 Å². The van der Waals surface area contributed by atoms with Crippen LogP contribution in [0.15, 0.2) is 65.8 Å². The molecular weight excluding hydrogens is 484 g/mol. The van der Waals surface area contributed by atoms with Gasteiger partial charge in [0.2, 0.25) is 5.88 Å². The molecule has 4 rings (SSSR count). The number of thioether (sulfide) groups is 1. The normalized spacial score (nSPS) is 12.3. The van der Waals surface area contributed by atoms with E-state index in [2.05, 4.69) is 16.9 Å². The first-order chi connectivity index (χ1) is 17.7. The molecule has 0 aliphatic carbocycles. The van der Waals surface area contributed by atoms with Crippen molar-refractivity contribution in [3.8, 4) is 23.0 Å². The van der Waals surface area contributed by atoms with Crippen molar-refractivity contribution in [1.82, 2.24) is 19.9 Å². The van der Waals surface area contributed by atoms with Crippen LogP contribution in [0.3, 0.4) is 0 Å². The highest BCUT2D eigenvalue weighted by atomic mass is 32.2. The van der Waals surface area contributed by atoms with Gasteiger partial charge in [-0.05, 0) is 61.9 Å². The zero-order valence-electron chi connectivity index (χ0n) is 22.0. The van der Waals surface area contributed by atoms with E-state index in [4.69, 9.17) is 19.4 Å². The molecule has 0 bridgehead atoms. The third-order valence-corrected chi connectivity index (χ3v) is 6.64. The van der Waals surface area contributed by atoms with E-state index in [-0.39, 0.29) is 5.92 Å². The van der Waals surface area contributed by atoms with E-state index in [0.29, 0.717) is 34.9 Å². The van der Waals surface area contributed by atoms with E-state index in [1.807, 2.05) is 73.8 Å². The Balaban J connectivity index is 1.61. The van der Waals surface area contributed by atoms with Crippen LogP contribution in [-0.4, -0.2) is 38.4 Å². The summed E-state index contributed by atoms with van der Waals surface area (Å²) in [6, 6.07) is 19.5. The lowest BCUT2D eigenvalue weighted by molar-refractivity contribution is 0.0786. The van der Waals surface area contributed by atoms with Crippen LogP contribution in [0.5, 0.6) is 11.6 Å². The minimum atomic E-state index is -0.881. The SMILES string of the molecule is COc1ccc(COc2cc(-c3cc(C(C)c4ccc(C(C)(C)O)cc4)nc(SC)n3)nc(C)n2)cc1. The summed E-state index contributed by atoms with van der Waals surface area (Å²) in [5.74, 6) is 1.91. The van der Waals surface area contributed by atoms with Crippen LogP contribution in [0.25, 0.3) is 11.4 Å². The molecule has 2 aromatic heterocycles. The van der Waals surface area contributed by atoms with Crippen molar-refractivity contribution in [3.63, 3.8) is 0 Å². The van der Waals surface area contributed by atoms with Gasteiger partial charge >= 0.3 is 0 Å². The minimum absolute atomic E-state index is 0.0252. The molecular formula is C29H32N4O3S. The maximum atomic E-state index is 10.3. The van der Waals surface area contributed by atoms with E-state index >= 15 is 0 Å². The van der Waals surface area contributed by atoms with Crippen LogP contribution in [0, 0.1) is 6.92 Å². The number of aryl methyl sites for hydroxylation is 1. The van der Waals surface area contributed by atoms with Gasteiger partial charge in [0.05, 0.1) is 29.8 Å². The van der Waals surface area contributed by atoms with Crippen molar-refractivity contribution in [1.29, 1.82) is 0 Å². The number of rotatable bonds is 9. The first-order valence-corrected chi connectivity index (χ1v) is 13.3. The van der Waals surface area contributed by atoms with Gasteiger partial charge in [0.15, 0.2) is 5.16 Å². The molecule has 0 saturated carbocycles. The number of nitrogens with zero attached hydrogens (tertiary/aromatic N) is 4. The van der Waals surface area contributed by atoms with Crippen LogP contribution in [0.1, 0.15) is 54.9 Å². The highest BCUT2D eigenvalue weighted by Gasteiger charge is 2.19. The molecule has 1 N–H and O–H groups in total. The molecule has 1 atom stereocenters.